The molecule has 2 heteroatoms. The lowest BCUT2D eigenvalue weighted by Gasteiger charge is -2.34. The van der Waals surface area contributed by atoms with Gasteiger partial charge >= 0.3 is 0 Å². The van der Waals surface area contributed by atoms with Gasteiger partial charge in [0, 0.05) is 10.5 Å². The lowest BCUT2D eigenvalue weighted by atomic mass is 9.73. The molecule has 0 amide bonds. The first-order valence-electron chi connectivity index (χ1n) is 2.93. The van der Waals surface area contributed by atoms with Crippen molar-refractivity contribution in [1.82, 2.24) is 0 Å². The molecule has 0 bridgehead atoms. The van der Waals surface area contributed by atoms with Crippen molar-refractivity contribution in [1.29, 1.82) is 0 Å². The molecule has 1 nitrogen and oxygen atoms in total. The first-order chi connectivity index (χ1) is 3.98. The molecule has 0 heterocycles. The van der Waals surface area contributed by atoms with Crippen molar-refractivity contribution >= 4 is 18.4 Å². The predicted octanol–water partition coefficient (Wildman–Crippen LogP) is 1.80. The van der Waals surface area contributed by atoms with Crippen LogP contribution in [-0.4, -0.2) is 5.78 Å². The van der Waals surface area contributed by atoms with Crippen LogP contribution in [0.15, 0.2) is 10.5 Å². The van der Waals surface area contributed by atoms with Crippen molar-refractivity contribution in [2.75, 3.05) is 0 Å². The summed E-state index contributed by atoms with van der Waals surface area (Å²) in [6.07, 6.45) is 0. The first-order valence-corrected chi connectivity index (χ1v) is 3.37. The third kappa shape index (κ3) is 0.659. The van der Waals surface area contributed by atoms with E-state index in [9.17, 15) is 4.79 Å². The van der Waals surface area contributed by atoms with Crippen LogP contribution in [0.4, 0.5) is 0 Å². The molecule has 0 spiro atoms. The molecule has 0 saturated heterocycles. The highest BCUT2D eigenvalue weighted by molar-refractivity contribution is 7.84. The summed E-state index contributed by atoms with van der Waals surface area (Å²) in [5.74, 6) is 0.229. The fourth-order valence-corrected chi connectivity index (χ4v) is 1.29. The Labute approximate surface area is 60.6 Å². The lowest BCUT2D eigenvalue weighted by molar-refractivity contribution is -0.123. The molecule has 0 atom stereocenters. The number of carbonyl (C=O) groups is 1. The Morgan fingerprint density at radius 2 is 1.89 bits per heavy atom. The van der Waals surface area contributed by atoms with Crippen molar-refractivity contribution < 1.29 is 4.79 Å². The van der Waals surface area contributed by atoms with Crippen LogP contribution < -0.4 is 0 Å². The Balaban J connectivity index is 3.06. The van der Waals surface area contributed by atoms with Gasteiger partial charge in [0.2, 0.25) is 0 Å². The molecule has 50 valence electrons. The van der Waals surface area contributed by atoms with Gasteiger partial charge in [-0.15, -0.1) is 12.6 Å². The molecular weight excluding hydrogens is 132 g/mol. The summed E-state index contributed by atoms with van der Waals surface area (Å²) >= 11 is 4.18. The molecule has 0 unspecified atom stereocenters. The lowest BCUT2D eigenvalue weighted by Crippen LogP contribution is -2.35. The maximum Gasteiger partial charge on any atom is 0.169 e. The highest BCUT2D eigenvalue weighted by atomic mass is 32.1. The Morgan fingerprint density at radius 3 is 2.00 bits per heavy atom. The van der Waals surface area contributed by atoms with Crippen LogP contribution >= 0.6 is 12.6 Å². The van der Waals surface area contributed by atoms with Gasteiger partial charge < -0.3 is 0 Å². The third-order valence-electron chi connectivity index (χ3n) is 1.86. The quantitative estimate of drug-likeness (QED) is 0.510. The van der Waals surface area contributed by atoms with Crippen LogP contribution in [0.3, 0.4) is 0 Å². The minimum Gasteiger partial charge on any atom is -0.294 e. The summed E-state index contributed by atoms with van der Waals surface area (Å²) in [7, 11) is 0. The molecule has 0 radical (unpaired) electrons. The van der Waals surface area contributed by atoms with Gasteiger partial charge in [0.25, 0.3) is 0 Å². The Hall–Kier alpha value is -0.240. The Kier molecular flexibility index (Phi) is 1.24. The monoisotopic (exact) mass is 142 g/mol. The maximum atomic E-state index is 11.0. The van der Waals surface area contributed by atoms with E-state index < -0.39 is 0 Å². The molecule has 0 saturated carbocycles. The second-order valence-corrected chi connectivity index (χ2v) is 3.37. The van der Waals surface area contributed by atoms with Crippen molar-refractivity contribution in [3.05, 3.63) is 10.5 Å². The summed E-state index contributed by atoms with van der Waals surface area (Å²) in [5, 5.41) is 0. The van der Waals surface area contributed by atoms with Gasteiger partial charge in [-0.2, -0.15) is 0 Å². The standard InChI is InChI=1S/C7H10OS/c1-4-5(8)7(2,3)6(4)9/h9H,1-3H3. The molecule has 1 aliphatic rings. The molecule has 0 N–H and O–H groups in total. The molecule has 9 heavy (non-hydrogen) atoms. The van der Waals surface area contributed by atoms with Crippen molar-refractivity contribution in [3.63, 3.8) is 0 Å². The van der Waals surface area contributed by atoms with E-state index in [4.69, 9.17) is 0 Å². The molecule has 0 aromatic carbocycles. The van der Waals surface area contributed by atoms with E-state index >= 15 is 0 Å². The molecule has 0 aromatic heterocycles. The molecule has 0 aromatic rings. The van der Waals surface area contributed by atoms with Gasteiger partial charge in [-0.1, -0.05) is 0 Å². The summed E-state index contributed by atoms with van der Waals surface area (Å²) < 4.78 is 0. The van der Waals surface area contributed by atoms with E-state index in [1.54, 1.807) is 0 Å². The summed E-state index contributed by atoms with van der Waals surface area (Å²) in [4.78, 5) is 11.9. The van der Waals surface area contributed by atoms with Crippen molar-refractivity contribution in [2.24, 2.45) is 5.41 Å². The third-order valence-corrected chi connectivity index (χ3v) is 2.75. The number of hydrogen-bond acceptors (Lipinski definition) is 2. The van der Waals surface area contributed by atoms with Crippen LogP contribution in [0.2, 0.25) is 0 Å². The summed E-state index contributed by atoms with van der Waals surface area (Å²) in [6, 6.07) is 0. The number of thiol groups is 1. The smallest absolute Gasteiger partial charge is 0.169 e. The number of Topliss-reactive ketones (excluding diaryl/α,β-unsaturated/α-hetero) is 1. The average Bonchev–Trinajstić information content (AvgIpc) is 1.84. The van der Waals surface area contributed by atoms with Gasteiger partial charge in [-0.05, 0) is 20.8 Å². The summed E-state index contributed by atoms with van der Waals surface area (Å²) in [6.45, 7) is 5.60. The van der Waals surface area contributed by atoms with Crippen LogP contribution in [-0.2, 0) is 4.79 Å². The molecule has 0 aliphatic heterocycles. The van der Waals surface area contributed by atoms with Crippen molar-refractivity contribution in [3.8, 4) is 0 Å². The summed E-state index contributed by atoms with van der Waals surface area (Å²) in [5.41, 5.74) is 0.538. The average molecular weight is 142 g/mol. The topological polar surface area (TPSA) is 17.1 Å². The number of carbonyl (C=O) groups excluding carboxylic acids is 1. The van der Waals surface area contributed by atoms with Gasteiger partial charge in [-0.3, -0.25) is 4.79 Å². The van der Waals surface area contributed by atoms with Crippen LogP contribution in [0.1, 0.15) is 20.8 Å². The number of ketones is 1. The minimum absolute atomic E-state index is 0.229. The Bertz CT molecular complexity index is 201. The van der Waals surface area contributed by atoms with Crippen molar-refractivity contribution in [2.45, 2.75) is 20.8 Å². The van der Waals surface area contributed by atoms with Gasteiger partial charge in [0.05, 0.1) is 5.41 Å². The van der Waals surface area contributed by atoms with E-state index in [0.717, 1.165) is 10.5 Å². The number of hydrogen-bond donors (Lipinski definition) is 1. The zero-order valence-corrected chi connectivity index (χ0v) is 6.75. The highest BCUT2D eigenvalue weighted by Crippen LogP contribution is 2.43. The van der Waals surface area contributed by atoms with E-state index in [0.29, 0.717) is 0 Å². The minimum atomic E-state index is -0.285. The second-order valence-electron chi connectivity index (χ2n) is 2.93. The van der Waals surface area contributed by atoms with Crippen LogP contribution in [0, 0.1) is 5.41 Å². The van der Waals surface area contributed by atoms with E-state index in [-0.39, 0.29) is 11.2 Å². The molecule has 1 aliphatic carbocycles. The molecular formula is C7H10OS. The van der Waals surface area contributed by atoms with Crippen LogP contribution in [0.5, 0.6) is 0 Å². The number of allylic oxidation sites excluding steroid dienone is 2. The zero-order chi connectivity index (χ0) is 7.23. The van der Waals surface area contributed by atoms with E-state index in [1.807, 2.05) is 20.8 Å². The molecule has 1 rings (SSSR count). The normalized spacial score (nSPS) is 24.2. The second kappa shape index (κ2) is 1.63. The molecule has 0 fully saturated rings. The fourth-order valence-electron chi connectivity index (χ4n) is 1.09. The van der Waals surface area contributed by atoms with Gasteiger partial charge in [0.1, 0.15) is 0 Å². The first kappa shape index (κ1) is 6.87. The number of rotatable bonds is 0. The van der Waals surface area contributed by atoms with E-state index in [1.165, 1.54) is 0 Å². The Morgan fingerprint density at radius 1 is 1.44 bits per heavy atom. The largest absolute Gasteiger partial charge is 0.294 e. The fraction of sp³-hybridized carbons (Fsp3) is 0.571. The van der Waals surface area contributed by atoms with Gasteiger partial charge in [-0.25, -0.2) is 0 Å². The van der Waals surface area contributed by atoms with Crippen LogP contribution in [0.25, 0.3) is 0 Å². The predicted molar refractivity (Wildman–Crippen MR) is 40.5 cm³/mol. The van der Waals surface area contributed by atoms with E-state index in [2.05, 4.69) is 12.6 Å². The van der Waals surface area contributed by atoms with Gasteiger partial charge in [0.15, 0.2) is 5.78 Å². The maximum absolute atomic E-state index is 11.0. The highest BCUT2D eigenvalue weighted by Gasteiger charge is 2.41. The zero-order valence-electron chi connectivity index (χ0n) is 5.86. The SMILES string of the molecule is CC1=C(S)C(C)(C)C1=O.